The molecule has 0 radical (unpaired) electrons. The van der Waals surface area contributed by atoms with Crippen molar-refractivity contribution in [3.63, 3.8) is 0 Å². The van der Waals surface area contributed by atoms with Crippen molar-refractivity contribution in [1.82, 2.24) is 15.2 Å². The molecular formula is C21H34N4O3. The van der Waals surface area contributed by atoms with Gasteiger partial charge in [0.2, 0.25) is 5.91 Å². The Morgan fingerprint density at radius 3 is 2.36 bits per heavy atom. The number of carbonyl (C=O) groups excluding carboxylic acids is 2. The van der Waals surface area contributed by atoms with Gasteiger partial charge in [-0.2, -0.15) is 0 Å². The number of nitrogens with zero attached hydrogens (tertiary/aromatic N) is 3. The Labute approximate surface area is 168 Å². The molecule has 0 atom stereocenters. The summed E-state index contributed by atoms with van der Waals surface area (Å²) in [6.07, 6.45) is 2.83. The van der Waals surface area contributed by atoms with Crippen molar-refractivity contribution in [2.75, 3.05) is 31.1 Å². The number of pyridine rings is 1. The Morgan fingerprint density at radius 1 is 1.21 bits per heavy atom. The number of amides is 2. The number of hydrogen-bond acceptors (Lipinski definition) is 5. The molecule has 2 heterocycles. The second-order valence-electron chi connectivity index (χ2n) is 8.16. The molecule has 7 heteroatoms. The minimum atomic E-state index is -0.500. The number of anilines is 1. The van der Waals surface area contributed by atoms with E-state index in [-0.39, 0.29) is 17.9 Å². The first-order chi connectivity index (χ1) is 13.2. The molecule has 1 fully saturated rings. The fraction of sp³-hybridized carbons (Fsp3) is 0.667. The van der Waals surface area contributed by atoms with Crippen LogP contribution in [-0.4, -0.2) is 53.7 Å². The quantitative estimate of drug-likeness (QED) is 0.807. The molecule has 2 amide bonds. The van der Waals surface area contributed by atoms with Crippen LogP contribution >= 0.6 is 0 Å². The molecule has 1 N–H and O–H groups in total. The van der Waals surface area contributed by atoms with E-state index in [1.54, 1.807) is 4.90 Å². The zero-order chi connectivity index (χ0) is 20.7. The molecular weight excluding hydrogens is 356 g/mol. The SMILES string of the molecule is CCN(CC)c1ccc(CNC(=O)C2CCN(C(=O)OC(C)(C)C)CC2)cn1. The summed E-state index contributed by atoms with van der Waals surface area (Å²) in [5.41, 5.74) is 0.482. The zero-order valence-electron chi connectivity index (χ0n) is 17.8. The standard InChI is InChI=1S/C21H34N4O3/c1-6-24(7-2)18-9-8-16(14-22-18)15-23-19(26)17-10-12-25(13-11-17)20(27)28-21(3,4)5/h8-9,14,17H,6-7,10-13,15H2,1-5H3,(H,23,26). The van der Waals surface area contributed by atoms with Crippen molar-refractivity contribution in [3.8, 4) is 0 Å². The highest BCUT2D eigenvalue weighted by atomic mass is 16.6. The second-order valence-corrected chi connectivity index (χ2v) is 8.16. The maximum atomic E-state index is 12.5. The predicted octanol–water partition coefficient (Wildman–Crippen LogP) is 3.19. The molecule has 0 spiro atoms. The van der Waals surface area contributed by atoms with Crippen LogP contribution in [0.5, 0.6) is 0 Å². The Kier molecular flexibility index (Phi) is 7.66. The van der Waals surface area contributed by atoms with E-state index in [0.717, 1.165) is 24.5 Å². The lowest BCUT2D eigenvalue weighted by Crippen LogP contribution is -2.44. The number of hydrogen-bond donors (Lipinski definition) is 1. The van der Waals surface area contributed by atoms with Crippen LogP contribution in [0.15, 0.2) is 18.3 Å². The van der Waals surface area contributed by atoms with Crippen molar-refractivity contribution in [3.05, 3.63) is 23.9 Å². The van der Waals surface area contributed by atoms with E-state index in [4.69, 9.17) is 4.74 Å². The lowest BCUT2D eigenvalue weighted by molar-refractivity contribution is -0.126. The molecule has 1 saturated heterocycles. The molecule has 1 aliphatic rings. The first kappa shape index (κ1) is 22.0. The normalized spacial score (nSPS) is 15.2. The summed E-state index contributed by atoms with van der Waals surface area (Å²) in [7, 11) is 0. The summed E-state index contributed by atoms with van der Waals surface area (Å²) in [6.45, 7) is 13.2. The average Bonchev–Trinajstić information content (AvgIpc) is 2.67. The van der Waals surface area contributed by atoms with E-state index < -0.39 is 5.60 Å². The van der Waals surface area contributed by atoms with E-state index in [1.165, 1.54) is 0 Å². The van der Waals surface area contributed by atoms with E-state index >= 15 is 0 Å². The van der Waals surface area contributed by atoms with Gasteiger partial charge in [-0.15, -0.1) is 0 Å². The Balaban J connectivity index is 1.78. The van der Waals surface area contributed by atoms with E-state index in [0.29, 0.717) is 32.5 Å². The molecule has 1 aromatic rings. The van der Waals surface area contributed by atoms with Gasteiger partial charge in [0.05, 0.1) is 0 Å². The first-order valence-electron chi connectivity index (χ1n) is 10.2. The van der Waals surface area contributed by atoms with Crippen LogP contribution in [0.4, 0.5) is 10.6 Å². The van der Waals surface area contributed by atoms with E-state index in [9.17, 15) is 9.59 Å². The van der Waals surface area contributed by atoms with Crippen molar-refractivity contribution < 1.29 is 14.3 Å². The van der Waals surface area contributed by atoms with Crippen LogP contribution in [0.25, 0.3) is 0 Å². The van der Waals surface area contributed by atoms with Gasteiger partial charge in [0.1, 0.15) is 11.4 Å². The number of ether oxygens (including phenoxy) is 1. The van der Waals surface area contributed by atoms with Gasteiger partial charge in [-0.05, 0) is 59.1 Å². The highest BCUT2D eigenvalue weighted by Crippen LogP contribution is 2.20. The number of carbonyl (C=O) groups is 2. The largest absolute Gasteiger partial charge is 0.444 e. The number of nitrogens with one attached hydrogen (secondary N) is 1. The monoisotopic (exact) mass is 390 g/mol. The van der Waals surface area contributed by atoms with E-state index in [1.807, 2.05) is 39.1 Å². The van der Waals surface area contributed by atoms with Gasteiger partial charge in [0.15, 0.2) is 0 Å². The molecule has 7 nitrogen and oxygen atoms in total. The summed E-state index contributed by atoms with van der Waals surface area (Å²) < 4.78 is 5.40. The summed E-state index contributed by atoms with van der Waals surface area (Å²) in [5.74, 6) is 0.924. The van der Waals surface area contributed by atoms with Crippen LogP contribution in [-0.2, 0) is 16.1 Å². The zero-order valence-corrected chi connectivity index (χ0v) is 17.8. The molecule has 1 aliphatic heterocycles. The topological polar surface area (TPSA) is 74.8 Å². The van der Waals surface area contributed by atoms with Crippen LogP contribution in [0.2, 0.25) is 0 Å². The molecule has 2 rings (SSSR count). The summed E-state index contributed by atoms with van der Waals surface area (Å²) in [4.78, 5) is 32.9. The Morgan fingerprint density at radius 2 is 1.86 bits per heavy atom. The molecule has 0 saturated carbocycles. The summed E-state index contributed by atoms with van der Waals surface area (Å²) >= 11 is 0. The van der Waals surface area contributed by atoms with Gasteiger partial charge >= 0.3 is 6.09 Å². The minimum absolute atomic E-state index is 0.0386. The molecule has 156 valence electrons. The Hall–Kier alpha value is -2.31. The number of rotatable bonds is 6. The molecule has 0 aromatic carbocycles. The van der Waals surface area contributed by atoms with Crippen LogP contribution in [0.1, 0.15) is 53.0 Å². The molecule has 0 bridgehead atoms. The number of aromatic nitrogens is 1. The lowest BCUT2D eigenvalue weighted by atomic mass is 9.96. The van der Waals surface area contributed by atoms with Gasteiger partial charge in [0.25, 0.3) is 0 Å². The van der Waals surface area contributed by atoms with Crippen molar-refractivity contribution in [2.45, 2.75) is 59.6 Å². The lowest BCUT2D eigenvalue weighted by Gasteiger charge is -2.32. The maximum Gasteiger partial charge on any atom is 0.410 e. The average molecular weight is 391 g/mol. The van der Waals surface area contributed by atoms with E-state index in [2.05, 4.69) is 29.0 Å². The minimum Gasteiger partial charge on any atom is -0.444 e. The molecule has 0 aliphatic carbocycles. The summed E-state index contributed by atoms with van der Waals surface area (Å²) in [6, 6.07) is 4.00. The van der Waals surface area contributed by atoms with Crippen molar-refractivity contribution >= 4 is 17.8 Å². The molecule has 0 unspecified atom stereocenters. The van der Waals surface area contributed by atoms with Crippen LogP contribution < -0.4 is 10.2 Å². The molecule has 1 aromatic heterocycles. The third-order valence-electron chi connectivity index (χ3n) is 4.88. The van der Waals surface area contributed by atoms with Crippen LogP contribution in [0, 0.1) is 5.92 Å². The third-order valence-corrected chi connectivity index (χ3v) is 4.88. The first-order valence-corrected chi connectivity index (χ1v) is 10.2. The highest BCUT2D eigenvalue weighted by molar-refractivity contribution is 5.79. The third kappa shape index (κ3) is 6.39. The van der Waals surface area contributed by atoms with Gasteiger partial charge in [0, 0.05) is 44.8 Å². The van der Waals surface area contributed by atoms with Gasteiger partial charge in [-0.1, -0.05) is 6.07 Å². The second kappa shape index (κ2) is 9.75. The highest BCUT2D eigenvalue weighted by Gasteiger charge is 2.29. The van der Waals surface area contributed by atoms with Gasteiger partial charge in [-0.3, -0.25) is 4.79 Å². The maximum absolute atomic E-state index is 12.5. The van der Waals surface area contributed by atoms with Crippen LogP contribution in [0.3, 0.4) is 0 Å². The number of likely N-dealkylation sites (tertiary alicyclic amines) is 1. The van der Waals surface area contributed by atoms with Crippen molar-refractivity contribution in [2.24, 2.45) is 5.92 Å². The Bertz CT molecular complexity index is 643. The predicted molar refractivity (Wildman–Crippen MR) is 110 cm³/mol. The fourth-order valence-corrected chi connectivity index (χ4v) is 3.24. The molecule has 28 heavy (non-hydrogen) atoms. The number of piperidine rings is 1. The van der Waals surface area contributed by atoms with Crippen molar-refractivity contribution in [1.29, 1.82) is 0 Å². The van der Waals surface area contributed by atoms with Gasteiger partial charge in [-0.25, -0.2) is 9.78 Å². The van der Waals surface area contributed by atoms with Gasteiger partial charge < -0.3 is 19.9 Å². The fourth-order valence-electron chi connectivity index (χ4n) is 3.24. The summed E-state index contributed by atoms with van der Waals surface area (Å²) in [5, 5.41) is 3.00. The smallest absolute Gasteiger partial charge is 0.410 e.